The van der Waals surface area contributed by atoms with E-state index < -0.39 is 24.0 Å². The molecule has 1 unspecified atom stereocenters. The first-order chi connectivity index (χ1) is 15.9. The van der Waals surface area contributed by atoms with E-state index in [1.165, 1.54) is 18.3 Å². The first-order valence-corrected chi connectivity index (χ1v) is 10.5. The van der Waals surface area contributed by atoms with Gasteiger partial charge in [-0.2, -0.15) is 0 Å². The van der Waals surface area contributed by atoms with Gasteiger partial charge in [0.2, 0.25) is 0 Å². The molecule has 1 atom stereocenters. The number of benzene rings is 2. The van der Waals surface area contributed by atoms with Gasteiger partial charge in [-0.05, 0) is 41.3 Å². The molecule has 0 saturated carbocycles. The number of nitrogens with zero attached hydrogens (tertiary/aromatic N) is 1. The number of carbonyl (C=O) groups is 3. The van der Waals surface area contributed by atoms with E-state index in [9.17, 15) is 14.4 Å². The Morgan fingerprint density at radius 2 is 1.64 bits per heavy atom. The van der Waals surface area contributed by atoms with Crippen LogP contribution in [0.25, 0.3) is 11.1 Å². The zero-order valence-corrected chi connectivity index (χ0v) is 17.9. The van der Waals surface area contributed by atoms with Gasteiger partial charge in [-0.1, -0.05) is 48.5 Å². The van der Waals surface area contributed by atoms with E-state index in [4.69, 9.17) is 9.84 Å². The minimum absolute atomic E-state index is 0.0415. The van der Waals surface area contributed by atoms with Gasteiger partial charge >= 0.3 is 12.1 Å². The molecule has 8 nitrogen and oxygen atoms in total. The van der Waals surface area contributed by atoms with Crippen molar-refractivity contribution in [2.24, 2.45) is 0 Å². The molecule has 168 valence electrons. The van der Waals surface area contributed by atoms with E-state index >= 15 is 0 Å². The van der Waals surface area contributed by atoms with Gasteiger partial charge < -0.3 is 15.2 Å². The molecule has 0 saturated heterocycles. The standard InChI is InChI=1S/C25H23N3O5/c1-15(12-23(29)30)27-24(31)22-11-10-16(13-26-22)28-25(32)33-14-21-19-8-4-2-6-17(19)18-7-3-5-9-20(18)21/h2-11,13,15,21H,12,14H2,1H3,(H,27,31)(H,28,32)(H,29,30). The third-order valence-electron chi connectivity index (χ3n) is 5.44. The van der Waals surface area contributed by atoms with Gasteiger partial charge in [-0.3, -0.25) is 14.9 Å². The lowest BCUT2D eigenvalue weighted by atomic mass is 9.98. The van der Waals surface area contributed by atoms with Crippen LogP contribution in [0.15, 0.2) is 66.9 Å². The van der Waals surface area contributed by atoms with E-state index in [1.54, 1.807) is 6.92 Å². The SMILES string of the molecule is CC(CC(=O)O)NC(=O)c1ccc(NC(=O)OCC2c3ccccc3-c3ccccc32)cn1. The summed E-state index contributed by atoms with van der Waals surface area (Å²) in [6, 6.07) is 18.6. The zero-order valence-electron chi connectivity index (χ0n) is 17.9. The third-order valence-corrected chi connectivity index (χ3v) is 5.44. The Bertz CT molecular complexity index is 1150. The maximum absolute atomic E-state index is 12.4. The molecule has 0 aliphatic heterocycles. The predicted molar refractivity (Wildman–Crippen MR) is 122 cm³/mol. The van der Waals surface area contributed by atoms with E-state index in [0.29, 0.717) is 5.69 Å². The Kier molecular flexibility index (Phi) is 6.35. The van der Waals surface area contributed by atoms with Gasteiger partial charge in [-0.25, -0.2) is 9.78 Å². The molecule has 8 heteroatoms. The van der Waals surface area contributed by atoms with Crippen molar-refractivity contribution in [2.45, 2.75) is 25.3 Å². The molecule has 33 heavy (non-hydrogen) atoms. The van der Waals surface area contributed by atoms with Crippen LogP contribution in [0.1, 0.15) is 40.9 Å². The number of anilines is 1. The Morgan fingerprint density at radius 1 is 1.00 bits per heavy atom. The highest BCUT2D eigenvalue weighted by Crippen LogP contribution is 2.44. The van der Waals surface area contributed by atoms with Crippen molar-refractivity contribution < 1.29 is 24.2 Å². The van der Waals surface area contributed by atoms with Crippen molar-refractivity contribution in [3.05, 3.63) is 83.7 Å². The summed E-state index contributed by atoms with van der Waals surface area (Å²) in [5.41, 5.74) is 5.05. The third kappa shape index (κ3) is 5.01. The van der Waals surface area contributed by atoms with Gasteiger partial charge in [0.15, 0.2) is 0 Å². The van der Waals surface area contributed by atoms with Crippen molar-refractivity contribution in [3.63, 3.8) is 0 Å². The van der Waals surface area contributed by atoms with E-state index in [0.717, 1.165) is 22.3 Å². The minimum atomic E-state index is -1.00. The highest BCUT2D eigenvalue weighted by molar-refractivity contribution is 5.93. The first-order valence-electron chi connectivity index (χ1n) is 10.5. The van der Waals surface area contributed by atoms with Crippen LogP contribution in [0.5, 0.6) is 0 Å². The van der Waals surface area contributed by atoms with Crippen molar-refractivity contribution in [1.29, 1.82) is 0 Å². The number of carboxylic acids is 1. The van der Waals surface area contributed by atoms with Crippen LogP contribution in [0.3, 0.4) is 0 Å². The molecule has 1 heterocycles. The maximum Gasteiger partial charge on any atom is 0.411 e. The second-order valence-corrected chi connectivity index (χ2v) is 7.86. The Hall–Kier alpha value is -4.20. The normalized spacial score (nSPS) is 12.9. The molecule has 0 fully saturated rings. The highest BCUT2D eigenvalue weighted by atomic mass is 16.5. The smallest absolute Gasteiger partial charge is 0.411 e. The van der Waals surface area contributed by atoms with Crippen LogP contribution in [-0.4, -0.2) is 40.7 Å². The van der Waals surface area contributed by atoms with Crippen molar-refractivity contribution in [2.75, 3.05) is 11.9 Å². The number of amides is 2. The fraction of sp³-hybridized carbons (Fsp3) is 0.200. The first kappa shape index (κ1) is 22.0. The summed E-state index contributed by atoms with van der Waals surface area (Å²) in [6.45, 7) is 1.79. The Balaban J connectivity index is 1.34. The summed E-state index contributed by atoms with van der Waals surface area (Å²) in [5, 5.41) is 14.0. The molecule has 4 rings (SSSR count). The molecule has 3 N–H and O–H groups in total. The fourth-order valence-corrected chi connectivity index (χ4v) is 3.97. The number of aromatic nitrogens is 1. The number of rotatable bonds is 7. The molecular formula is C25H23N3O5. The number of hydrogen-bond donors (Lipinski definition) is 3. The summed E-state index contributed by atoms with van der Waals surface area (Å²) in [5.74, 6) is -1.53. The summed E-state index contributed by atoms with van der Waals surface area (Å²) in [4.78, 5) is 39.3. The molecule has 3 aromatic rings. The lowest BCUT2D eigenvalue weighted by Crippen LogP contribution is -2.34. The second kappa shape index (κ2) is 9.52. The van der Waals surface area contributed by atoms with Gasteiger partial charge in [0.05, 0.1) is 18.3 Å². The largest absolute Gasteiger partial charge is 0.481 e. The second-order valence-electron chi connectivity index (χ2n) is 7.86. The average Bonchev–Trinajstić information content (AvgIpc) is 3.11. The van der Waals surface area contributed by atoms with Crippen molar-refractivity contribution in [3.8, 4) is 11.1 Å². The molecular weight excluding hydrogens is 422 g/mol. The summed E-state index contributed by atoms with van der Waals surface area (Å²) in [6.07, 6.45) is 0.539. The van der Waals surface area contributed by atoms with E-state index in [2.05, 4.69) is 27.8 Å². The average molecular weight is 445 g/mol. The molecule has 0 spiro atoms. The molecule has 1 aliphatic rings. The van der Waals surface area contributed by atoms with Crippen LogP contribution >= 0.6 is 0 Å². The monoisotopic (exact) mass is 445 g/mol. The number of aliphatic carboxylic acids is 1. The van der Waals surface area contributed by atoms with E-state index in [1.807, 2.05) is 36.4 Å². The lowest BCUT2D eigenvalue weighted by molar-refractivity contribution is -0.137. The van der Waals surface area contributed by atoms with Crippen LogP contribution < -0.4 is 10.6 Å². The minimum Gasteiger partial charge on any atom is -0.481 e. The van der Waals surface area contributed by atoms with Crippen molar-refractivity contribution in [1.82, 2.24) is 10.3 Å². The number of pyridine rings is 1. The number of carboxylic acid groups (broad SMARTS) is 1. The molecule has 1 aromatic heterocycles. The summed E-state index contributed by atoms with van der Waals surface area (Å²) in [7, 11) is 0. The quantitative estimate of drug-likeness (QED) is 0.505. The number of fused-ring (bicyclic) bond motifs is 3. The lowest BCUT2D eigenvalue weighted by Gasteiger charge is -2.14. The Labute approximate surface area is 190 Å². The van der Waals surface area contributed by atoms with Crippen LogP contribution in [0.2, 0.25) is 0 Å². The van der Waals surface area contributed by atoms with Gasteiger partial charge in [0.1, 0.15) is 12.3 Å². The maximum atomic E-state index is 12.4. The number of ether oxygens (including phenoxy) is 1. The molecule has 2 aromatic carbocycles. The van der Waals surface area contributed by atoms with Crippen LogP contribution in [0.4, 0.5) is 10.5 Å². The summed E-state index contributed by atoms with van der Waals surface area (Å²) < 4.78 is 5.50. The molecule has 1 aliphatic carbocycles. The molecule has 0 bridgehead atoms. The molecule has 0 radical (unpaired) electrons. The highest BCUT2D eigenvalue weighted by Gasteiger charge is 2.29. The van der Waals surface area contributed by atoms with Gasteiger partial charge in [-0.15, -0.1) is 0 Å². The van der Waals surface area contributed by atoms with Crippen LogP contribution in [-0.2, 0) is 9.53 Å². The van der Waals surface area contributed by atoms with E-state index in [-0.39, 0.29) is 24.6 Å². The molecule has 2 amide bonds. The summed E-state index contributed by atoms with van der Waals surface area (Å²) >= 11 is 0. The zero-order chi connectivity index (χ0) is 23.4. The topological polar surface area (TPSA) is 118 Å². The van der Waals surface area contributed by atoms with Gasteiger partial charge in [0, 0.05) is 12.0 Å². The fourth-order valence-electron chi connectivity index (χ4n) is 3.97. The number of nitrogens with one attached hydrogen (secondary N) is 2. The predicted octanol–water partition coefficient (Wildman–Crippen LogP) is 4.04. The van der Waals surface area contributed by atoms with Crippen molar-refractivity contribution >= 4 is 23.7 Å². The van der Waals surface area contributed by atoms with Gasteiger partial charge in [0.25, 0.3) is 5.91 Å². The number of carbonyl (C=O) groups excluding carboxylic acids is 2. The van der Waals surface area contributed by atoms with Crippen LogP contribution in [0, 0.1) is 0 Å². The number of hydrogen-bond acceptors (Lipinski definition) is 5. The Morgan fingerprint density at radius 3 is 2.21 bits per heavy atom.